The van der Waals surface area contributed by atoms with Crippen LogP contribution in [0.15, 0.2) is 24.3 Å². The van der Waals surface area contributed by atoms with Crippen molar-refractivity contribution in [3.8, 4) is 5.75 Å². The van der Waals surface area contributed by atoms with Gasteiger partial charge in [0.1, 0.15) is 5.75 Å². The summed E-state index contributed by atoms with van der Waals surface area (Å²) >= 11 is 0. The van der Waals surface area contributed by atoms with Gasteiger partial charge in [0, 0.05) is 11.6 Å². The van der Waals surface area contributed by atoms with Crippen LogP contribution in [0.3, 0.4) is 0 Å². The fraction of sp³-hybridized carbons (Fsp3) is 0.533. The highest BCUT2D eigenvalue weighted by molar-refractivity contribution is 5.74. The molecule has 1 aromatic rings. The topological polar surface area (TPSA) is 47.6 Å². The number of esters is 1. The van der Waals surface area contributed by atoms with Gasteiger partial charge in [-0.1, -0.05) is 32.0 Å². The molecule has 0 bridgehead atoms. The van der Waals surface area contributed by atoms with Gasteiger partial charge in [0.15, 0.2) is 0 Å². The van der Waals surface area contributed by atoms with E-state index in [4.69, 9.17) is 9.47 Å². The maximum absolute atomic E-state index is 12.0. The predicted molar refractivity (Wildman–Crippen MR) is 75.1 cm³/mol. The summed E-state index contributed by atoms with van der Waals surface area (Å²) in [5, 5.41) is 3.21. The van der Waals surface area contributed by atoms with Crippen LogP contribution in [0.25, 0.3) is 0 Å². The van der Waals surface area contributed by atoms with E-state index < -0.39 is 0 Å². The molecule has 0 aliphatic heterocycles. The molecule has 0 fully saturated rings. The Balaban J connectivity index is 3.19. The molecule has 0 spiro atoms. The highest BCUT2D eigenvalue weighted by Gasteiger charge is 2.33. The number of para-hydroxylation sites is 1. The van der Waals surface area contributed by atoms with E-state index in [2.05, 4.69) is 5.32 Å². The summed E-state index contributed by atoms with van der Waals surface area (Å²) in [5.41, 5.74) is 0.969. The Morgan fingerprint density at radius 2 is 1.84 bits per heavy atom. The van der Waals surface area contributed by atoms with Crippen LogP contribution in [0.4, 0.5) is 0 Å². The monoisotopic (exact) mass is 265 g/mol. The molecule has 0 radical (unpaired) electrons. The maximum atomic E-state index is 12.0. The predicted octanol–water partition coefficient (Wildman–Crippen LogP) is 2.40. The number of carbonyl (C=O) groups excluding carboxylic acids is 1. The Bertz CT molecular complexity index is 418. The molecule has 0 saturated heterocycles. The Morgan fingerprint density at radius 3 is 2.32 bits per heavy atom. The molecule has 0 heterocycles. The van der Waals surface area contributed by atoms with Gasteiger partial charge in [0.2, 0.25) is 0 Å². The largest absolute Gasteiger partial charge is 0.496 e. The van der Waals surface area contributed by atoms with Gasteiger partial charge in [0.25, 0.3) is 0 Å². The number of hydrogen-bond donors (Lipinski definition) is 1. The number of carbonyl (C=O) groups is 1. The molecule has 2 atom stereocenters. The first-order chi connectivity index (χ1) is 9.06. The quantitative estimate of drug-likeness (QED) is 0.802. The highest BCUT2D eigenvalue weighted by Crippen LogP contribution is 2.34. The minimum absolute atomic E-state index is 0.136. The second-order valence-corrected chi connectivity index (χ2v) is 4.80. The zero-order chi connectivity index (χ0) is 14.4. The Hall–Kier alpha value is -1.55. The van der Waals surface area contributed by atoms with E-state index in [0.29, 0.717) is 0 Å². The van der Waals surface area contributed by atoms with E-state index in [1.165, 1.54) is 7.11 Å². The first-order valence-electron chi connectivity index (χ1n) is 6.44. The lowest BCUT2D eigenvalue weighted by molar-refractivity contribution is -0.148. The number of benzene rings is 1. The normalized spacial score (nSPS) is 14.0. The molecule has 4 heteroatoms. The summed E-state index contributed by atoms with van der Waals surface area (Å²) in [6.45, 7) is 4.03. The molecule has 1 N–H and O–H groups in total. The summed E-state index contributed by atoms with van der Waals surface area (Å²) in [7, 11) is 4.90. The zero-order valence-electron chi connectivity index (χ0n) is 12.3. The summed E-state index contributed by atoms with van der Waals surface area (Å²) in [4.78, 5) is 12.0. The smallest absolute Gasteiger partial charge is 0.310 e. The van der Waals surface area contributed by atoms with E-state index in [9.17, 15) is 4.79 Å². The van der Waals surface area contributed by atoms with Gasteiger partial charge >= 0.3 is 5.97 Å². The molecule has 2 unspecified atom stereocenters. The van der Waals surface area contributed by atoms with Crippen LogP contribution >= 0.6 is 0 Å². The third kappa shape index (κ3) is 3.47. The average molecular weight is 265 g/mol. The number of nitrogens with one attached hydrogen (secondary N) is 1. The van der Waals surface area contributed by atoms with Gasteiger partial charge in [-0.15, -0.1) is 0 Å². The average Bonchev–Trinajstić information content (AvgIpc) is 2.43. The molecular formula is C15H23NO3. The number of hydrogen-bond acceptors (Lipinski definition) is 4. The molecular weight excluding hydrogens is 242 g/mol. The summed E-state index contributed by atoms with van der Waals surface area (Å²) in [6.07, 6.45) is 0. The van der Waals surface area contributed by atoms with E-state index in [1.807, 2.05) is 45.2 Å². The summed E-state index contributed by atoms with van der Waals surface area (Å²) in [6, 6.07) is 7.59. The van der Waals surface area contributed by atoms with Crippen molar-refractivity contribution in [1.82, 2.24) is 5.32 Å². The second-order valence-electron chi connectivity index (χ2n) is 4.80. The van der Waals surface area contributed by atoms with E-state index in [-0.39, 0.29) is 23.8 Å². The lowest BCUT2D eigenvalue weighted by Crippen LogP contribution is -2.35. The zero-order valence-corrected chi connectivity index (χ0v) is 12.3. The first kappa shape index (κ1) is 15.5. The number of methoxy groups -OCH3 is 2. The van der Waals surface area contributed by atoms with Crippen molar-refractivity contribution in [1.29, 1.82) is 0 Å². The van der Waals surface area contributed by atoms with E-state index >= 15 is 0 Å². The van der Waals surface area contributed by atoms with Crippen molar-refractivity contribution in [2.75, 3.05) is 21.3 Å². The van der Waals surface area contributed by atoms with E-state index in [0.717, 1.165) is 11.3 Å². The van der Waals surface area contributed by atoms with Crippen LogP contribution in [0.5, 0.6) is 5.75 Å². The van der Waals surface area contributed by atoms with Gasteiger partial charge in [0.05, 0.1) is 20.1 Å². The minimum atomic E-state index is -0.258. The molecule has 4 nitrogen and oxygen atoms in total. The number of rotatable bonds is 6. The highest BCUT2D eigenvalue weighted by atomic mass is 16.5. The van der Waals surface area contributed by atoms with Crippen LogP contribution in [0.2, 0.25) is 0 Å². The van der Waals surface area contributed by atoms with Gasteiger partial charge in [-0.2, -0.15) is 0 Å². The van der Waals surface area contributed by atoms with Crippen LogP contribution < -0.4 is 10.1 Å². The first-order valence-corrected chi connectivity index (χ1v) is 6.44. The van der Waals surface area contributed by atoms with Crippen LogP contribution in [0, 0.1) is 11.8 Å². The van der Waals surface area contributed by atoms with Crippen molar-refractivity contribution in [3.63, 3.8) is 0 Å². The molecule has 0 aliphatic carbocycles. The maximum Gasteiger partial charge on any atom is 0.310 e. The van der Waals surface area contributed by atoms with Gasteiger partial charge in [-0.3, -0.25) is 4.79 Å². The standard InChI is InChI=1S/C15H23NO3/c1-10(2)13(15(17)19-5)14(16-3)11-8-6-7-9-12(11)18-4/h6-10,13-14,16H,1-5H3. The van der Waals surface area contributed by atoms with Crippen LogP contribution in [-0.4, -0.2) is 27.2 Å². The number of ether oxygens (including phenoxy) is 2. The fourth-order valence-corrected chi connectivity index (χ4v) is 2.38. The molecule has 1 aromatic carbocycles. The van der Waals surface area contributed by atoms with Crippen molar-refractivity contribution >= 4 is 5.97 Å². The second kappa shape index (κ2) is 7.14. The van der Waals surface area contributed by atoms with Crippen molar-refractivity contribution < 1.29 is 14.3 Å². The Labute approximate surface area is 115 Å². The molecule has 0 aromatic heterocycles. The summed E-state index contributed by atoms with van der Waals surface area (Å²) < 4.78 is 10.3. The molecule has 0 aliphatic rings. The summed E-state index contributed by atoms with van der Waals surface area (Å²) in [5.74, 6) is 0.470. The van der Waals surface area contributed by atoms with Gasteiger partial charge in [-0.05, 0) is 19.0 Å². The van der Waals surface area contributed by atoms with Gasteiger partial charge < -0.3 is 14.8 Å². The molecule has 106 valence electrons. The van der Waals surface area contributed by atoms with E-state index in [1.54, 1.807) is 7.11 Å². The molecule has 19 heavy (non-hydrogen) atoms. The lowest BCUT2D eigenvalue weighted by Gasteiger charge is -2.29. The van der Waals surface area contributed by atoms with Crippen molar-refractivity contribution in [2.24, 2.45) is 11.8 Å². The third-order valence-corrected chi connectivity index (χ3v) is 3.34. The molecule has 1 rings (SSSR count). The Morgan fingerprint density at radius 1 is 1.21 bits per heavy atom. The fourth-order valence-electron chi connectivity index (χ4n) is 2.38. The SMILES string of the molecule is CNC(c1ccccc1OC)C(C(=O)OC)C(C)C. The minimum Gasteiger partial charge on any atom is -0.496 e. The third-order valence-electron chi connectivity index (χ3n) is 3.34. The van der Waals surface area contributed by atoms with Crippen LogP contribution in [0.1, 0.15) is 25.5 Å². The molecule has 0 amide bonds. The molecule has 0 saturated carbocycles. The van der Waals surface area contributed by atoms with Crippen molar-refractivity contribution in [2.45, 2.75) is 19.9 Å². The van der Waals surface area contributed by atoms with Crippen molar-refractivity contribution in [3.05, 3.63) is 29.8 Å². The lowest BCUT2D eigenvalue weighted by atomic mass is 9.84. The van der Waals surface area contributed by atoms with Gasteiger partial charge in [-0.25, -0.2) is 0 Å². The van der Waals surface area contributed by atoms with Crippen LogP contribution in [-0.2, 0) is 9.53 Å². The Kier molecular flexibility index (Phi) is 5.83.